The highest BCUT2D eigenvalue weighted by atomic mass is 15.3. The quantitative estimate of drug-likeness (QED) is 0.817. The van der Waals surface area contributed by atoms with Crippen molar-refractivity contribution < 1.29 is 0 Å². The molecule has 102 valence electrons. The van der Waals surface area contributed by atoms with Crippen LogP contribution in [0, 0.1) is 6.92 Å². The van der Waals surface area contributed by atoms with Gasteiger partial charge < -0.3 is 10.6 Å². The van der Waals surface area contributed by atoms with Crippen LogP contribution in [0.1, 0.15) is 25.0 Å². The smallest absolute Gasteiger partial charge is 0.169 e. The zero-order valence-corrected chi connectivity index (χ0v) is 11.5. The number of nitrogens with one attached hydrogen (secondary N) is 2. The summed E-state index contributed by atoms with van der Waals surface area (Å²) in [6, 6.07) is 1.89. The van der Waals surface area contributed by atoms with E-state index in [1.54, 1.807) is 11.0 Å². The normalized spacial score (nSPS) is 10.5. The second-order valence-electron chi connectivity index (χ2n) is 4.30. The second kappa shape index (κ2) is 6.12. The lowest BCUT2D eigenvalue weighted by Crippen LogP contribution is -2.08. The average Bonchev–Trinajstić information content (AvgIpc) is 2.79. The third-order valence-electron chi connectivity index (χ3n) is 2.47. The molecule has 0 aliphatic rings. The molecule has 0 unspecified atom stereocenters. The highest BCUT2D eigenvalue weighted by molar-refractivity contribution is 5.47. The molecule has 2 aromatic heterocycles. The molecule has 0 fully saturated rings. The Hall–Kier alpha value is -2.18. The fourth-order valence-electron chi connectivity index (χ4n) is 1.64. The minimum atomic E-state index is 0.546. The van der Waals surface area contributed by atoms with Crippen LogP contribution in [0.15, 0.2) is 12.4 Å². The van der Waals surface area contributed by atoms with Gasteiger partial charge in [-0.3, -0.25) is 4.68 Å². The summed E-state index contributed by atoms with van der Waals surface area (Å²) in [7, 11) is 1.85. The van der Waals surface area contributed by atoms with E-state index in [0.717, 1.165) is 36.3 Å². The lowest BCUT2D eigenvalue weighted by molar-refractivity contribution is 0.746. The van der Waals surface area contributed by atoms with E-state index < -0.39 is 0 Å². The first-order chi connectivity index (χ1) is 9.17. The summed E-state index contributed by atoms with van der Waals surface area (Å²) in [6.07, 6.45) is 2.74. The van der Waals surface area contributed by atoms with Crippen molar-refractivity contribution in [2.45, 2.75) is 26.8 Å². The van der Waals surface area contributed by atoms with E-state index in [4.69, 9.17) is 0 Å². The third kappa shape index (κ3) is 3.90. The molecule has 0 amide bonds. The van der Waals surface area contributed by atoms with E-state index in [9.17, 15) is 0 Å². The van der Waals surface area contributed by atoms with Gasteiger partial charge in [0, 0.05) is 19.7 Å². The van der Waals surface area contributed by atoms with Crippen molar-refractivity contribution in [3.63, 3.8) is 0 Å². The number of aromatic nitrogens is 5. The molecule has 0 saturated heterocycles. The molecule has 0 radical (unpaired) electrons. The molecule has 2 N–H and O–H groups in total. The van der Waals surface area contributed by atoms with E-state index >= 15 is 0 Å². The van der Waals surface area contributed by atoms with Crippen molar-refractivity contribution in [2.24, 2.45) is 7.05 Å². The zero-order valence-electron chi connectivity index (χ0n) is 11.5. The Balaban J connectivity index is 2.01. The average molecular weight is 261 g/mol. The Morgan fingerprint density at radius 3 is 2.58 bits per heavy atom. The number of hydrogen-bond donors (Lipinski definition) is 2. The van der Waals surface area contributed by atoms with Crippen molar-refractivity contribution in [1.82, 2.24) is 24.7 Å². The van der Waals surface area contributed by atoms with Crippen molar-refractivity contribution >= 4 is 11.6 Å². The predicted molar refractivity (Wildman–Crippen MR) is 73.9 cm³/mol. The molecule has 0 aromatic carbocycles. The third-order valence-corrected chi connectivity index (χ3v) is 2.47. The van der Waals surface area contributed by atoms with E-state index in [0.29, 0.717) is 6.54 Å². The molecular weight excluding hydrogens is 242 g/mol. The summed E-state index contributed by atoms with van der Waals surface area (Å²) in [5, 5.41) is 10.7. The van der Waals surface area contributed by atoms with Crippen LogP contribution >= 0.6 is 0 Å². The molecule has 0 spiro atoms. The van der Waals surface area contributed by atoms with Gasteiger partial charge in [0.2, 0.25) is 0 Å². The Morgan fingerprint density at radius 2 is 1.95 bits per heavy atom. The fourth-order valence-corrected chi connectivity index (χ4v) is 1.64. The minimum Gasteiger partial charge on any atom is -0.370 e. The van der Waals surface area contributed by atoms with Crippen molar-refractivity contribution in [3.8, 4) is 0 Å². The zero-order chi connectivity index (χ0) is 13.7. The van der Waals surface area contributed by atoms with Crippen LogP contribution < -0.4 is 10.6 Å². The number of nitrogens with zero attached hydrogens (tertiary/aromatic N) is 5. The molecule has 0 bridgehead atoms. The molecule has 2 heterocycles. The van der Waals surface area contributed by atoms with Gasteiger partial charge in [-0.15, -0.1) is 0 Å². The van der Waals surface area contributed by atoms with Crippen molar-refractivity contribution in [3.05, 3.63) is 24.0 Å². The molecule has 2 aromatic rings. The van der Waals surface area contributed by atoms with Gasteiger partial charge in [-0.1, -0.05) is 6.92 Å². The first-order valence-corrected chi connectivity index (χ1v) is 6.35. The lowest BCUT2D eigenvalue weighted by Gasteiger charge is -2.08. The van der Waals surface area contributed by atoms with Gasteiger partial charge in [-0.2, -0.15) is 5.10 Å². The number of anilines is 2. The maximum atomic E-state index is 4.34. The first kappa shape index (κ1) is 13.3. The molecule has 0 aliphatic carbocycles. The topological polar surface area (TPSA) is 80.5 Å². The molecule has 0 aliphatic heterocycles. The second-order valence-corrected chi connectivity index (χ2v) is 4.30. The van der Waals surface area contributed by atoms with E-state index in [2.05, 4.69) is 37.6 Å². The SMILES string of the molecule is CCCNc1cc(NCc2ncn(C)n2)nc(C)n1. The van der Waals surface area contributed by atoms with Gasteiger partial charge in [0.1, 0.15) is 23.8 Å². The fraction of sp³-hybridized carbons (Fsp3) is 0.500. The Bertz CT molecular complexity index is 535. The summed E-state index contributed by atoms with van der Waals surface area (Å²) in [4.78, 5) is 12.8. The molecule has 0 atom stereocenters. The predicted octanol–water partition coefficient (Wildman–Crippen LogP) is 1.35. The summed E-state index contributed by atoms with van der Waals surface area (Å²) < 4.78 is 1.68. The van der Waals surface area contributed by atoms with Crippen LogP contribution in [-0.4, -0.2) is 31.3 Å². The summed E-state index contributed by atoms with van der Waals surface area (Å²) in [6.45, 7) is 5.44. The monoisotopic (exact) mass is 261 g/mol. The Labute approximate surface area is 112 Å². The molecule has 2 rings (SSSR count). The van der Waals surface area contributed by atoms with Crippen molar-refractivity contribution in [1.29, 1.82) is 0 Å². The maximum Gasteiger partial charge on any atom is 0.169 e. The van der Waals surface area contributed by atoms with Gasteiger partial charge in [-0.05, 0) is 13.3 Å². The Morgan fingerprint density at radius 1 is 1.21 bits per heavy atom. The Kier molecular flexibility index (Phi) is 4.27. The van der Waals surface area contributed by atoms with Gasteiger partial charge in [0.25, 0.3) is 0 Å². The number of rotatable bonds is 6. The van der Waals surface area contributed by atoms with Gasteiger partial charge in [0.15, 0.2) is 5.82 Å². The molecule has 19 heavy (non-hydrogen) atoms. The van der Waals surface area contributed by atoms with E-state index in [1.807, 2.05) is 20.0 Å². The minimum absolute atomic E-state index is 0.546. The van der Waals surface area contributed by atoms with Crippen LogP contribution in [0.3, 0.4) is 0 Å². The van der Waals surface area contributed by atoms with Crippen LogP contribution in [0.25, 0.3) is 0 Å². The summed E-state index contributed by atoms with van der Waals surface area (Å²) in [5.74, 6) is 3.09. The van der Waals surface area contributed by atoms with E-state index in [1.165, 1.54) is 0 Å². The standard InChI is InChI=1S/C12H19N7/c1-4-5-13-10-6-11(17-9(2)16-10)14-7-12-15-8-19(3)18-12/h6,8H,4-5,7H2,1-3H3,(H2,13,14,16,17). The molecule has 7 nitrogen and oxygen atoms in total. The highest BCUT2D eigenvalue weighted by Gasteiger charge is 2.03. The van der Waals surface area contributed by atoms with Crippen molar-refractivity contribution in [2.75, 3.05) is 17.2 Å². The van der Waals surface area contributed by atoms with Crippen LogP contribution in [0.5, 0.6) is 0 Å². The van der Waals surface area contributed by atoms with E-state index in [-0.39, 0.29) is 0 Å². The summed E-state index contributed by atoms with van der Waals surface area (Å²) >= 11 is 0. The molecule has 0 saturated carbocycles. The van der Waals surface area contributed by atoms with Gasteiger partial charge in [-0.25, -0.2) is 15.0 Å². The van der Waals surface area contributed by atoms with Gasteiger partial charge >= 0.3 is 0 Å². The van der Waals surface area contributed by atoms with Crippen LogP contribution in [-0.2, 0) is 13.6 Å². The maximum absolute atomic E-state index is 4.34. The largest absolute Gasteiger partial charge is 0.370 e. The summed E-state index contributed by atoms with van der Waals surface area (Å²) in [5.41, 5.74) is 0. The number of aryl methyl sites for hydroxylation is 2. The van der Waals surface area contributed by atoms with Crippen LogP contribution in [0.2, 0.25) is 0 Å². The molecule has 7 heteroatoms. The highest BCUT2D eigenvalue weighted by Crippen LogP contribution is 2.11. The van der Waals surface area contributed by atoms with Gasteiger partial charge in [0.05, 0.1) is 6.54 Å². The molecular formula is C12H19N7. The first-order valence-electron chi connectivity index (χ1n) is 6.35. The lowest BCUT2D eigenvalue weighted by atomic mass is 10.4. The number of hydrogen-bond acceptors (Lipinski definition) is 6. The van der Waals surface area contributed by atoms with Crippen LogP contribution in [0.4, 0.5) is 11.6 Å².